The lowest BCUT2D eigenvalue weighted by Crippen LogP contribution is -2.13. The second kappa shape index (κ2) is 8.84. The van der Waals surface area contributed by atoms with Crippen LogP contribution in [0.15, 0.2) is 39.6 Å². The van der Waals surface area contributed by atoms with Gasteiger partial charge in [-0.25, -0.2) is 4.79 Å². The first-order chi connectivity index (χ1) is 12.4. The van der Waals surface area contributed by atoms with Gasteiger partial charge in [-0.1, -0.05) is 25.1 Å². The van der Waals surface area contributed by atoms with Gasteiger partial charge in [0.2, 0.25) is 5.75 Å². The molecule has 7 nitrogen and oxygen atoms in total. The van der Waals surface area contributed by atoms with Crippen molar-refractivity contribution < 1.29 is 28.2 Å². The minimum absolute atomic E-state index is 0.103. The maximum absolute atomic E-state index is 12.3. The van der Waals surface area contributed by atoms with Crippen LogP contribution < -0.4 is 19.8 Å². The summed E-state index contributed by atoms with van der Waals surface area (Å²) < 4.78 is 21.1. The summed E-state index contributed by atoms with van der Waals surface area (Å²) in [7, 11) is 0. The molecule has 138 valence electrons. The quantitative estimate of drug-likeness (QED) is 0.246. The maximum Gasteiger partial charge on any atom is 0.383 e. The molecule has 26 heavy (non-hydrogen) atoms. The van der Waals surface area contributed by atoms with Crippen LogP contribution in [0.2, 0.25) is 0 Å². The predicted octanol–water partition coefficient (Wildman–Crippen LogP) is 3.38. The van der Waals surface area contributed by atoms with Crippen LogP contribution in [0.4, 0.5) is 0 Å². The number of carbonyl (C=O) groups is 2. The van der Waals surface area contributed by atoms with Crippen molar-refractivity contribution in [2.45, 2.75) is 33.6 Å². The molecular weight excluding hydrogens is 340 g/mol. The Morgan fingerprint density at radius 2 is 1.81 bits per heavy atom. The highest BCUT2D eigenvalue weighted by atomic mass is 16.6. The lowest BCUT2D eigenvalue weighted by Gasteiger charge is -2.13. The Balaban J connectivity index is 2.56. The Morgan fingerprint density at radius 1 is 1.08 bits per heavy atom. The van der Waals surface area contributed by atoms with Gasteiger partial charge in [-0.15, -0.1) is 0 Å². The number of benzene rings is 1. The highest BCUT2D eigenvalue weighted by Gasteiger charge is 2.23. The predicted molar refractivity (Wildman–Crippen MR) is 94.6 cm³/mol. The fraction of sp³-hybridized carbons (Fsp3) is 0.316. The van der Waals surface area contributed by atoms with E-state index >= 15 is 0 Å². The third-order valence-electron chi connectivity index (χ3n) is 3.24. The molecule has 1 aromatic carbocycles. The Hall–Kier alpha value is -3.09. The van der Waals surface area contributed by atoms with Crippen LogP contribution in [0, 0.1) is 0 Å². The van der Waals surface area contributed by atoms with Crippen molar-refractivity contribution >= 4 is 22.9 Å². The molecule has 2 aromatic rings. The highest BCUT2D eigenvalue weighted by Crippen LogP contribution is 2.39. The third kappa shape index (κ3) is 4.72. The van der Waals surface area contributed by atoms with Crippen LogP contribution in [0.5, 0.6) is 17.2 Å². The van der Waals surface area contributed by atoms with Gasteiger partial charge in [0.1, 0.15) is 16.7 Å². The second-order valence-corrected chi connectivity index (χ2v) is 5.38. The lowest BCUT2D eigenvalue weighted by atomic mass is 10.2. The normalized spacial score (nSPS) is 10.9. The number of esters is 2. The van der Waals surface area contributed by atoms with Crippen molar-refractivity contribution in [1.29, 1.82) is 0 Å². The van der Waals surface area contributed by atoms with Crippen LogP contribution in [-0.4, -0.2) is 18.5 Å². The Bertz CT molecular complexity index is 893. The van der Waals surface area contributed by atoms with Crippen molar-refractivity contribution in [2.75, 3.05) is 6.61 Å². The van der Waals surface area contributed by atoms with E-state index in [2.05, 4.69) is 0 Å². The monoisotopic (exact) mass is 360 g/mol. The van der Waals surface area contributed by atoms with Crippen molar-refractivity contribution in [3.63, 3.8) is 0 Å². The topological polar surface area (TPSA) is 92.0 Å². The number of hydrogen-bond donors (Lipinski definition) is 0. The fourth-order valence-electron chi connectivity index (χ4n) is 2.29. The summed E-state index contributed by atoms with van der Waals surface area (Å²) in [5, 5.41) is 0.177. The van der Waals surface area contributed by atoms with E-state index in [-0.39, 0.29) is 34.8 Å². The second-order valence-electron chi connectivity index (χ2n) is 5.38. The Labute approximate surface area is 150 Å². The molecule has 7 heteroatoms. The van der Waals surface area contributed by atoms with E-state index in [9.17, 15) is 14.4 Å². The summed E-state index contributed by atoms with van der Waals surface area (Å²) >= 11 is 0. The van der Waals surface area contributed by atoms with Crippen molar-refractivity contribution in [2.24, 2.45) is 0 Å². The average molecular weight is 360 g/mol. The van der Waals surface area contributed by atoms with E-state index in [1.807, 2.05) is 19.1 Å². The largest absolute Gasteiger partial charge is 0.484 e. The average Bonchev–Trinajstić information content (AvgIpc) is 2.55. The van der Waals surface area contributed by atoms with Crippen LogP contribution in [0.25, 0.3) is 11.0 Å². The van der Waals surface area contributed by atoms with Crippen molar-refractivity contribution in [1.82, 2.24) is 0 Å². The molecule has 0 fully saturated rings. The molecule has 0 saturated heterocycles. The minimum atomic E-state index is -0.784. The number of carbonyl (C=O) groups excluding carboxylic acids is 2. The lowest BCUT2D eigenvalue weighted by molar-refractivity contribution is -0.132. The summed E-state index contributed by atoms with van der Waals surface area (Å²) in [6.07, 6.45) is 5.34. The molecule has 1 aromatic heterocycles. The molecule has 0 spiro atoms. The zero-order valence-electron chi connectivity index (χ0n) is 14.9. The van der Waals surface area contributed by atoms with Crippen LogP contribution in [0.1, 0.15) is 33.6 Å². The summed E-state index contributed by atoms with van der Waals surface area (Å²) in [6.45, 7) is 4.63. The molecule has 0 unspecified atom stereocenters. The summed E-state index contributed by atoms with van der Waals surface area (Å²) in [5.41, 5.74) is -0.670. The van der Waals surface area contributed by atoms with E-state index < -0.39 is 17.6 Å². The van der Waals surface area contributed by atoms with Gasteiger partial charge >= 0.3 is 17.6 Å². The van der Waals surface area contributed by atoms with Gasteiger partial charge in [0.05, 0.1) is 6.61 Å². The van der Waals surface area contributed by atoms with E-state index in [4.69, 9.17) is 18.6 Å². The minimum Gasteiger partial charge on any atom is -0.484 e. The number of ether oxygens (including phenoxy) is 3. The van der Waals surface area contributed by atoms with Gasteiger partial charge in [0, 0.05) is 13.8 Å². The summed E-state index contributed by atoms with van der Waals surface area (Å²) in [6, 6.07) is 4.56. The number of allylic oxidation sites excluding steroid dienone is 1. The molecule has 0 aliphatic heterocycles. The third-order valence-corrected chi connectivity index (χ3v) is 3.24. The number of hydrogen-bond acceptors (Lipinski definition) is 7. The first-order valence-electron chi connectivity index (χ1n) is 8.18. The highest BCUT2D eigenvalue weighted by molar-refractivity contribution is 5.94. The van der Waals surface area contributed by atoms with Gasteiger partial charge in [-0.3, -0.25) is 9.59 Å². The van der Waals surface area contributed by atoms with Crippen LogP contribution in [-0.2, 0) is 9.59 Å². The van der Waals surface area contributed by atoms with Crippen molar-refractivity contribution in [3.8, 4) is 17.2 Å². The van der Waals surface area contributed by atoms with Gasteiger partial charge in [0.15, 0.2) is 5.75 Å². The molecule has 0 N–H and O–H groups in total. The number of fused-ring (bicyclic) bond motifs is 1. The fourth-order valence-corrected chi connectivity index (χ4v) is 2.29. The van der Waals surface area contributed by atoms with Gasteiger partial charge < -0.3 is 18.6 Å². The van der Waals surface area contributed by atoms with Gasteiger partial charge in [-0.05, 0) is 25.0 Å². The van der Waals surface area contributed by atoms with Crippen molar-refractivity contribution in [3.05, 3.63) is 40.8 Å². The number of rotatable bonds is 7. The van der Waals surface area contributed by atoms with E-state index in [1.54, 1.807) is 6.07 Å². The first-order valence-corrected chi connectivity index (χ1v) is 8.18. The Kier molecular flexibility index (Phi) is 6.54. The molecule has 0 aliphatic carbocycles. The molecule has 0 aliphatic rings. The zero-order valence-corrected chi connectivity index (χ0v) is 14.9. The molecule has 0 amide bonds. The molecule has 0 saturated carbocycles. The Morgan fingerprint density at radius 3 is 2.46 bits per heavy atom. The van der Waals surface area contributed by atoms with Crippen LogP contribution in [0.3, 0.4) is 0 Å². The maximum atomic E-state index is 12.3. The standard InChI is InChI=1S/C19H20O7/c1-4-5-6-7-11-23-18-17(25-13(3)21)16-14(24-12(2)20)9-8-10-15(16)26-19(18)22/h5-6,8-10H,4,7,11H2,1-3H3. The summed E-state index contributed by atoms with van der Waals surface area (Å²) in [5.74, 6) is -1.47. The van der Waals surface area contributed by atoms with E-state index in [0.717, 1.165) is 6.42 Å². The first kappa shape index (κ1) is 19.2. The summed E-state index contributed by atoms with van der Waals surface area (Å²) in [4.78, 5) is 35.2. The molecule has 0 atom stereocenters. The smallest absolute Gasteiger partial charge is 0.383 e. The molecule has 2 rings (SSSR count). The molecule has 0 radical (unpaired) electrons. The zero-order chi connectivity index (χ0) is 19.1. The van der Waals surface area contributed by atoms with Gasteiger partial charge in [-0.2, -0.15) is 0 Å². The SMILES string of the molecule is CCC=CCCOc1c(OC(C)=O)c2c(OC(C)=O)cccc2oc1=O. The molecule has 1 heterocycles. The molecule has 0 bridgehead atoms. The van der Waals surface area contributed by atoms with E-state index in [1.165, 1.54) is 26.0 Å². The van der Waals surface area contributed by atoms with Gasteiger partial charge in [0.25, 0.3) is 0 Å². The van der Waals surface area contributed by atoms with E-state index in [0.29, 0.717) is 6.42 Å². The van der Waals surface area contributed by atoms with Crippen LogP contribution >= 0.6 is 0 Å². The molecular formula is C19H20O7.